The van der Waals surface area contributed by atoms with Crippen LogP contribution in [0, 0.1) is 6.92 Å². The first-order valence-corrected chi connectivity index (χ1v) is 9.27. The zero-order chi connectivity index (χ0) is 20.1. The molecule has 0 radical (unpaired) electrons. The molecule has 1 atom stereocenters. The van der Waals surface area contributed by atoms with E-state index in [0.29, 0.717) is 29.5 Å². The molecule has 8 heteroatoms. The zero-order valence-electron chi connectivity index (χ0n) is 15.4. The van der Waals surface area contributed by atoms with Crippen molar-refractivity contribution in [3.8, 4) is 0 Å². The molecule has 28 heavy (non-hydrogen) atoms. The summed E-state index contributed by atoms with van der Waals surface area (Å²) in [5, 5.41) is 8.68. The molecule has 0 aromatic heterocycles. The molecule has 1 fully saturated rings. The fourth-order valence-corrected chi connectivity index (χ4v) is 3.14. The maximum Gasteiger partial charge on any atom is 0.322 e. The number of hydrogen-bond donors (Lipinski definition) is 3. The van der Waals surface area contributed by atoms with E-state index in [-0.39, 0.29) is 18.2 Å². The number of nitrogens with zero attached hydrogens (tertiary/aromatic N) is 1. The minimum Gasteiger partial charge on any atom is -0.353 e. The van der Waals surface area contributed by atoms with Crippen LogP contribution >= 0.6 is 11.6 Å². The molecular formula is C20H21ClN4O3. The van der Waals surface area contributed by atoms with Crippen LogP contribution in [0.5, 0.6) is 0 Å². The van der Waals surface area contributed by atoms with E-state index < -0.39 is 12.1 Å². The largest absolute Gasteiger partial charge is 0.353 e. The van der Waals surface area contributed by atoms with Crippen LogP contribution in [0.25, 0.3) is 0 Å². The number of carbonyl (C=O) groups is 3. The molecule has 0 unspecified atom stereocenters. The molecule has 0 saturated carbocycles. The highest BCUT2D eigenvalue weighted by molar-refractivity contribution is 6.30. The summed E-state index contributed by atoms with van der Waals surface area (Å²) in [7, 11) is 0. The Hall–Kier alpha value is -3.06. The Morgan fingerprint density at radius 3 is 2.61 bits per heavy atom. The van der Waals surface area contributed by atoms with Gasteiger partial charge in [-0.15, -0.1) is 0 Å². The number of aryl methyl sites for hydroxylation is 1. The summed E-state index contributed by atoms with van der Waals surface area (Å²) in [5.41, 5.74) is 2.24. The van der Waals surface area contributed by atoms with Crippen molar-refractivity contribution in [1.82, 2.24) is 10.2 Å². The third kappa shape index (κ3) is 5.01. The number of anilines is 2. The average Bonchev–Trinajstić information content (AvgIpc) is 2.65. The van der Waals surface area contributed by atoms with Crippen LogP contribution in [-0.4, -0.2) is 41.9 Å². The predicted octanol–water partition coefficient (Wildman–Crippen LogP) is 3.01. The number of nitrogens with one attached hydrogen (secondary N) is 3. The number of amides is 4. The van der Waals surface area contributed by atoms with E-state index in [1.54, 1.807) is 36.4 Å². The second-order valence-corrected chi connectivity index (χ2v) is 7.00. The van der Waals surface area contributed by atoms with E-state index in [0.717, 1.165) is 5.56 Å². The van der Waals surface area contributed by atoms with Crippen molar-refractivity contribution in [3.05, 3.63) is 59.1 Å². The number of urea groups is 1. The molecule has 7 nitrogen and oxygen atoms in total. The Morgan fingerprint density at radius 2 is 1.89 bits per heavy atom. The molecule has 2 aromatic rings. The summed E-state index contributed by atoms with van der Waals surface area (Å²) in [6.07, 6.45) is -0.136. The van der Waals surface area contributed by atoms with Crippen molar-refractivity contribution >= 4 is 40.8 Å². The monoisotopic (exact) mass is 400 g/mol. The van der Waals surface area contributed by atoms with Crippen LogP contribution in [0.2, 0.25) is 5.02 Å². The van der Waals surface area contributed by atoms with Gasteiger partial charge in [-0.05, 0) is 37.3 Å². The van der Waals surface area contributed by atoms with Gasteiger partial charge < -0.3 is 20.9 Å². The molecule has 0 spiro atoms. The number of carbonyl (C=O) groups excluding carboxylic acids is 3. The predicted molar refractivity (Wildman–Crippen MR) is 108 cm³/mol. The number of benzene rings is 2. The second-order valence-electron chi connectivity index (χ2n) is 6.56. The quantitative estimate of drug-likeness (QED) is 0.736. The molecular weight excluding hydrogens is 380 g/mol. The van der Waals surface area contributed by atoms with Crippen LogP contribution in [0.3, 0.4) is 0 Å². The van der Waals surface area contributed by atoms with Gasteiger partial charge in [0.25, 0.3) is 0 Å². The fraction of sp³-hybridized carbons (Fsp3) is 0.250. The first-order chi connectivity index (χ1) is 13.4. The summed E-state index contributed by atoms with van der Waals surface area (Å²) in [5.74, 6) is -0.696. The third-order valence-corrected chi connectivity index (χ3v) is 4.62. The van der Waals surface area contributed by atoms with Gasteiger partial charge in [-0.3, -0.25) is 9.59 Å². The van der Waals surface area contributed by atoms with Crippen molar-refractivity contribution in [2.45, 2.75) is 19.4 Å². The molecule has 3 rings (SSSR count). The van der Waals surface area contributed by atoms with Crippen LogP contribution in [0.15, 0.2) is 48.5 Å². The van der Waals surface area contributed by atoms with Gasteiger partial charge in [0, 0.05) is 29.5 Å². The second kappa shape index (κ2) is 8.75. The highest BCUT2D eigenvalue weighted by atomic mass is 35.5. The maximum absolute atomic E-state index is 12.7. The lowest BCUT2D eigenvalue weighted by Crippen LogP contribution is -2.59. The van der Waals surface area contributed by atoms with Crippen LogP contribution in [-0.2, 0) is 9.59 Å². The molecule has 0 aliphatic carbocycles. The number of hydrogen-bond acceptors (Lipinski definition) is 3. The van der Waals surface area contributed by atoms with Crippen molar-refractivity contribution in [2.24, 2.45) is 0 Å². The van der Waals surface area contributed by atoms with Crippen molar-refractivity contribution in [3.63, 3.8) is 0 Å². The van der Waals surface area contributed by atoms with E-state index in [9.17, 15) is 14.4 Å². The Balaban J connectivity index is 1.67. The first-order valence-electron chi connectivity index (χ1n) is 8.90. The summed E-state index contributed by atoms with van der Waals surface area (Å²) >= 11 is 5.94. The SMILES string of the molecule is Cc1ccc(NC(=O)C[C@@H]2C(=O)NCCN2C(=O)Nc2cccc(Cl)c2)cc1. The first kappa shape index (κ1) is 19.7. The number of piperazine rings is 1. The molecule has 1 saturated heterocycles. The Bertz CT molecular complexity index is 885. The molecule has 3 N–H and O–H groups in total. The van der Waals surface area contributed by atoms with Crippen molar-refractivity contribution in [1.29, 1.82) is 0 Å². The lowest BCUT2D eigenvalue weighted by molar-refractivity contribution is -0.130. The Labute approximate surface area is 168 Å². The van der Waals surface area contributed by atoms with E-state index in [1.807, 2.05) is 19.1 Å². The van der Waals surface area contributed by atoms with Gasteiger partial charge in [0.2, 0.25) is 11.8 Å². The average molecular weight is 401 g/mol. The highest BCUT2D eigenvalue weighted by Crippen LogP contribution is 2.18. The van der Waals surface area contributed by atoms with E-state index in [1.165, 1.54) is 4.90 Å². The maximum atomic E-state index is 12.7. The molecule has 2 aromatic carbocycles. The molecule has 1 aliphatic rings. The summed E-state index contributed by atoms with van der Waals surface area (Å²) in [4.78, 5) is 38.8. The van der Waals surface area contributed by atoms with Gasteiger partial charge in [0.15, 0.2) is 0 Å². The van der Waals surface area contributed by atoms with Crippen LogP contribution in [0.4, 0.5) is 16.2 Å². The van der Waals surface area contributed by atoms with E-state index in [2.05, 4.69) is 16.0 Å². The van der Waals surface area contributed by atoms with Crippen molar-refractivity contribution in [2.75, 3.05) is 23.7 Å². The number of halogens is 1. The summed E-state index contributed by atoms with van der Waals surface area (Å²) in [6.45, 7) is 2.59. The highest BCUT2D eigenvalue weighted by Gasteiger charge is 2.34. The third-order valence-electron chi connectivity index (χ3n) is 4.38. The van der Waals surface area contributed by atoms with Gasteiger partial charge in [-0.1, -0.05) is 35.4 Å². The molecule has 1 heterocycles. The molecule has 146 valence electrons. The minimum absolute atomic E-state index is 0.136. The van der Waals surface area contributed by atoms with Gasteiger partial charge in [0.05, 0.1) is 6.42 Å². The topological polar surface area (TPSA) is 90.5 Å². The van der Waals surface area contributed by atoms with Crippen LogP contribution in [0.1, 0.15) is 12.0 Å². The lowest BCUT2D eigenvalue weighted by atomic mass is 10.1. The van der Waals surface area contributed by atoms with Gasteiger partial charge in [-0.2, -0.15) is 0 Å². The van der Waals surface area contributed by atoms with Crippen molar-refractivity contribution < 1.29 is 14.4 Å². The van der Waals surface area contributed by atoms with Gasteiger partial charge >= 0.3 is 6.03 Å². The van der Waals surface area contributed by atoms with E-state index >= 15 is 0 Å². The Morgan fingerprint density at radius 1 is 1.14 bits per heavy atom. The van der Waals surface area contributed by atoms with Gasteiger partial charge in [0.1, 0.15) is 6.04 Å². The number of rotatable bonds is 4. The lowest BCUT2D eigenvalue weighted by Gasteiger charge is -2.34. The van der Waals surface area contributed by atoms with Gasteiger partial charge in [-0.25, -0.2) is 4.79 Å². The fourth-order valence-electron chi connectivity index (χ4n) is 2.95. The Kier molecular flexibility index (Phi) is 6.16. The standard InChI is InChI=1S/C20H21ClN4O3/c1-13-5-7-15(8-6-13)23-18(26)12-17-19(27)22-9-10-25(17)20(28)24-16-4-2-3-14(21)11-16/h2-8,11,17H,9-10,12H2,1H3,(H,22,27)(H,23,26)(H,24,28)/t17-/m1/s1. The smallest absolute Gasteiger partial charge is 0.322 e. The normalized spacial score (nSPS) is 16.3. The summed E-state index contributed by atoms with van der Waals surface area (Å²) < 4.78 is 0. The molecule has 0 bridgehead atoms. The zero-order valence-corrected chi connectivity index (χ0v) is 16.1. The molecule has 1 aliphatic heterocycles. The molecule has 4 amide bonds. The van der Waals surface area contributed by atoms with Crippen LogP contribution < -0.4 is 16.0 Å². The summed E-state index contributed by atoms with van der Waals surface area (Å²) in [6, 6.07) is 12.7. The van der Waals surface area contributed by atoms with E-state index in [4.69, 9.17) is 11.6 Å². The minimum atomic E-state index is -0.890.